The van der Waals surface area contributed by atoms with E-state index in [1.807, 2.05) is 55.0 Å². The van der Waals surface area contributed by atoms with Crippen LogP contribution < -0.4 is 5.32 Å². The number of aromatic amines is 1. The molecule has 1 aromatic carbocycles. The van der Waals surface area contributed by atoms with E-state index in [2.05, 4.69) is 10.3 Å². The summed E-state index contributed by atoms with van der Waals surface area (Å²) in [5, 5.41) is 12.0. The Hall–Kier alpha value is -2.40. The predicted molar refractivity (Wildman–Crippen MR) is 92.4 cm³/mol. The van der Waals surface area contributed by atoms with Gasteiger partial charge in [0, 0.05) is 30.4 Å². The van der Waals surface area contributed by atoms with Gasteiger partial charge in [0.1, 0.15) is 5.37 Å². The number of benzene rings is 1. The first-order chi connectivity index (χ1) is 10.8. The molecule has 1 unspecified atom stereocenters. The van der Waals surface area contributed by atoms with Crippen molar-refractivity contribution in [2.75, 3.05) is 7.11 Å². The lowest BCUT2D eigenvalue weighted by Gasteiger charge is -2.10. The van der Waals surface area contributed by atoms with Gasteiger partial charge in [0.25, 0.3) is 0 Å². The fourth-order valence-electron chi connectivity index (χ4n) is 2.33. The Morgan fingerprint density at radius 2 is 2.09 bits per heavy atom. The third kappa shape index (κ3) is 2.94. The second-order valence-electron chi connectivity index (χ2n) is 4.81. The quantitative estimate of drug-likeness (QED) is 0.732. The molecule has 1 aromatic heterocycles. The summed E-state index contributed by atoms with van der Waals surface area (Å²) in [7, 11) is 1.67. The zero-order valence-electron chi connectivity index (χ0n) is 12.2. The minimum Gasteiger partial charge on any atom is -0.489 e. The third-order valence-corrected chi connectivity index (χ3v) is 4.60. The Morgan fingerprint density at radius 3 is 2.77 bits per heavy atom. The fraction of sp³-hybridized carbons (Fsp3) is 0.118. The smallest absolute Gasteiger partial charge is 0.170 e. The van der Waals surface area contributed by atoms with Crippen LogP contribution in [0.2, 0.25) is 0 Å². The molecule has 112 valence electrons. The maximum atomic E-state index is 7.69. The largest absolute Gasteiger partial charge is 0.489 e. The van der Waals surface area contributed by atoms with Crippen LogP contribution in [0.1, 0.15) is 22.1 Å². The van der Waals surface area contributed by atoms with Crippen molar-refractivity contribution in [2.45, 2.75) is 5.37 Å². The molecule has 0 amide bonds. The highest BCUT2D eigenvalue weighted by Crippen LogP contribution is 2.39. The van der Waals surface area contributed by atoms with Crippen LogP contribution in [0.25, 0.3) is 11.6 Å². The summed E-state index contributed by atoms with van der Waals surface area (Å²) in [6.07, 6.45) is 9.23. The number of hydrogen-bond donors (Lipinski definition) is 3. The van der Waals surface area contributed by atoms with Gasteiger partial charge < -0.3 is 20.4 Å². The maximum Gasteiger partial charge on any atom is 0.170 e. The van der Waals surface area contributed by atoms with Gasteiger partial charge in [-0.05, 0) is 22.8 Å². The summed E-state index contributed by atoms with van der Waals surface area (Å²) in [5.41, 5.74) is 4.12. The van der Waals surface area contributed by atoms with Gasteiger partial charge in [-0.2, -0.15) is 0 Å². The van der Waals surface area contributed by atoms with Crippen molar-refractivity contribution in [2.24, 2.45) is 0 Å². The van der Waals surface area contributed by atoms with Crippen LogP contribution in [0, 0.1) is 5.41 Å². The molecule has 22 heavy (non-hydrogen) atoms. The molecule has 0 aliphatic carbocycles. The summed E-state index contributed by atoms with van der Waals surface area (Å²) in [6, 6.07) is 9.96. The van der Waals surface area contributed by atoms with Crippen LogP contribution in [-0.2, 0) is 4.74 Å². The molecule has 1 atom stereocenters. The maximum absolute atomic E-state index is 7.69. The lowest BCUT2D eigenvalue weighted by molar-refractivity contribution is 0.324. The molecule has 1 aliphatic rings. The Kier molecular flexibility index (Phi) is 4.34. The predicted octanol–water partition coefficient (Wildman–Crippen LogP) is 3.99. The summed E-state index contributed by atoms with van der Waals surface area (Å²) < 4.78 is 5.25. The van der Waals surface area contributed by atoms with Gasteiger partial charge in [0.05, 0.1) is 7.11 Å². The van der Waals surface area contributed by atoms with Gasteiger partial charge in [-0.15, -0.1) is 0 Å². The number of hydrogen-bond acceptors (Lipinski definition) is 4. The van der Waals surface area contributed by atoms with Crippen molar-refractivity contribution >= 4 is 29.6 Å². The molecule has 3 N–H and O–H groups in total. The number of ether oxygens (including phenoxy) is 1. The average molecular weight is 311 g/mol. The van der Waals surface area contributed by atoms with Crippen molar-refractivity contribution < 1.29 is 4.74 Å². The van der Waals surface area contributed by atoms with E-state index in [1.54, 1.807) is 18.9 Å². The normalized spacial score (nSPS) is 17.8. The first-order valence-electron chi connectivity index (χ1n) is 6.93. The van der Waals surface area contributed by atoms with Crippen molar-refractivity contribution in [3.63, 3.8) is 0 Å². The van der Waals surface area contributed by atoms with E-state index in [1.165, 1.54) is 6.21 Å². The second-order valence-corrected chi connectivity index (χ2v) is 5.92. The second kappa shape index (κ2) is 6.58. The van der Waals surface area contributed by atoms with Crippen molar-refractivity contribution in [3.8, 4) is 0 Å². The van der Waals surface area contributed by atoms with Crippen LogP contribution in [0.15, 0.2) is 54.0 Å². The number of methoxy groups -OCH3 is 1. The molecule has 4 nitrogen and oxygen atoms in total. The summed E-state index contributed by atoms with van der Waals surface area (Å²) >= 11 is 1.63. The molecule has 2 heterocycles. The summed E-state index contributed by atoms with van der Waals surface area (Å²) in [5.74, 6) is 0. The summed E-state index contributed by atoms with van der Waals surface area (Å²) in [6.45, 7) is 0. The first kappa shape index (κ1) is 14.5. The molecule has 0 saturated heterocycles. The Bertz CT molecular complexity index is 719. The van der Waals surface area contributed by atoms with Gasteiger partial charge in [-0.1, -0.05) is 42.1 Å². The van der Waals surface area contributed by atoms with Gasteiger partial charge in [0.2, 0.25) is 0 Å². The number of thioether (sulfide) groups is 1. The van der Waals surface area contributed by atoms with E-state index in [4.69, 9.17) is 10.1 Å². The van der Waals surface area contributed by atoms with Gasteiger partial charge >= 0.3 is 0 Å². The zero-order chi connectivity index (χ0) is 15.4. The molecule has 0 fully saturated rings. The molecule has 3 rings (SSSR count). The highest BCUT2D eigenvalue weighted by atomic mass is 32.2. The Balaban J connectivity index is 1.89. The number of aromatic nitrogens is 1. The molecule has 1 aliphatic heterocycles. The van der Waals surface area contributed by atoms with E-state index in [9.17, 15) is 0 Å². The Morgan fingerprint density at radius 1 is 1.27 bits per heavy atom. The number of allylic oxidation sites excluding steroid dienone is 1. The fourth-order valence-corrected chi connectivity index (χ4v) is 3.27. The third-order valence-electron chi connectivity index (χ3n) is 3.45. The van der Waals surface area contributed by atoms with Gasteiger partial charge in [-0.3, -0.25) is 0 Å². The molecule has 0 saturated carbocycles. The van der Waals surface area contributed by atoms with Crippen LogP contribution >= 0.6 is 11.8 Å². The highest BCUT2D eigenvalue weighted by molar-refractivity contribution is 8.03. The van der Waals surface area contributed by atoms with E-state index >= 15 is 0 Å². The Labute approximate surface area is 133 Å². The van der Waals surface area contributed by atoms with Crippen LogP contribution in [0.3, 0.4) is 0 Å². The van der Waals surface area contributed by atoms with Crippen LogP contribution in [-0.4, -0.2) is 18.3 Å². The monoisotopic (exact) mass is 311 g/mol. The first-order valence-corrected chi connectivity index (χ1v) is 7.81. The number of nitrogens with one attached hydrogen (secondary N) is 3. The molecule has 0 radical (unpaired) electrons. The molecule has 0 bridgehead atoms. The van der Waals surface area contributed by atoms with Crippen LogP contribution in [0.4, 0.5) is 0 Å². The van der Waals surface area contributed by atoms with Crippen molar-refractivity contribution in [1.82, 2.24) is 10.3 Å². The molecule has 0 spiro atoms. The molecule has 5 heteroatoms. The molecule has 2 aromatic rings. The SMILES string of the molecule is COC1=CNC(c2c[nH]cc2/C=C(\C=N)c2ccccc2)S1. The lowest BCUT2D eigenvalue weighted by Crippen LogP contribution is -2.07. The van der Waals surface area contributed by atoms with Gasteiger partial charge in [-0.25, -0.2) is 0 Å². The van der Waals surface area contributed by atoms with Crippen molar-refractivity contribution in [3.05, 3.63) is 70.7 Å². The zero-order valence-corrected chi connectivity index (χ0v) is 13.0. The summed E-state index contributed by atoms with van der Waals surface area (Å²) in [4.78, 5) is 3.15. The lowest BCUT2D eigenvalue weighted by atomic mass is 10.0. The van der Waals surface area contributed by atoms with Crippen LogP contribution in [0.5, 0.6) is 0 Å². The number of rotatable bonds is 5. The standard InChI is InChI=1S/C17H17N3OS/c1-21-16-11-20-17(22-16)15-10-19-9-14(15)7-13(8-18)12-5-3-2-4-6-12/h2-11,17-20H,1H3/b13-7+,18-8?. The number of H-pyrrole nitrogens is 1. The molecular weight excluding hydrogens is 294 g/mol. The minimum absolute atomic E-state index is 0.121. The van der Waals surface area contributed by atoms with E-state index in [0.29, 0.717) is 0 Å². The highest BCUT2D eigenvalue weighted by Gasteiger charge is 2.22. The van der Waals surface area contributed by atoms with Gasteiger partial charge in [0.15, 0.2) is 5.09 Å². The topological polar surface area (TPSA) is 60.9 Å². The average Bonchev–Trinajstić information content (AvgIpc) is 3.22. The van der Waals surface area contributed by atoms with E-state index in [0.717, 1.165) is 27.4 Å². The van der Waals surface area contributed by atoms with Crippen molar-refractivity contribution in [1.29, 1.82) is 5.41 Å². The minimum atomic E-state index is 0.121. The van der Waals surface area contributed by atoms with E-state index in [-0.39, 0.29) is 5.37 Å². The molecular formula is C17H17N3OS. The van der Waals surface area contributed by atoms with E-state index < -0.39 is 0 Å².